The van der Waals surface area contributed by atoms with Crippen molar-refractivity contribution in [3.05, 3.63) is 101 Å². The van der Waals surface area contributed by atoms with Crippen LogP contribution >= 0.6 is 11.3 Å². The van der Waals surface area contributed by atoms with Crippen molar-refractivity contribution in [2.75, 3.05) is 13.6 Å². The molecule has 0 aliphatic carbocycles. The second-order valence-electron chi connectivity index (χ2n) is 10.9. The number of para-hydroxylation sites is 1. The maximum Gasteiger partial charge on any atom is 0.327 e. The molecular formula is C33H36N6O3S. The Bertz CT molecular complexity index is 1600. The van der Waals surface area contributed by atoms with Crippen LogP contribution in [0, 0.1) is 5.41 Å². The van der Waals surface area contributed by atoms with Crippen LogP contribution in [0.4, 0.5) is 4.79 Å². The number of amides is 3. The van der Waals surface area contributed by atoms with E-state index >= 15 is 0 Å². The highest BCUT2D eigenvalue weighted by Crippen LogP contribution is 2.27. The topological polar surface area (TPSA) is 132 Å². The molecule has 4 aromatic rings. The van der Waals surface area contributed by atoms with Crippen molar-refractivity contribution < 1.29 is 14.4 Å². The smallest absolute Gasteiger partial charge is 0.327 e. The maximum absolute atomic E-state index is 14.5. The number of Topliss-reactive ketones (excluding diaryl/α,β-unsaturated/α-hetero) is 1. The molecule has 9 nitrogen and oxygen atoms in total. The van der Waals surface area contributed by atoms with Crippen LogP contribution in [0.15, 0.2) is 78.9 Å². The first-order valence-electron chi connectivity index (χ1n) is 14.4. The first-order valence-corrected chi connectivity index (χ1v) is 15.3. The Morgan fingerprint density at radius 3 is 2.44 bits per heavy atom. The Labute approximate surface area is 255 Å². The number of aromatic nitrogens is 1. The molecule has 1 aliphatic heterocycles. The van der Waals surface area contributed by atoms with Crippen molar-refractivity contribution in [1.82, 2.24) is 20.1 Å². The predicted molar refractivity (Wildman–Crippen MR) is 170 cm³/mol. The van der Waals surface area contributed by atoms with E-state index < -0.39 is 29.8 Å². The summed E-state index contributed by atoms with van der Waals surface area (Å²) in [4.78, 5) is 50.8. The summed E-state index contributed by atoms with van der Waals surface area (Å²) in [5.74, 6) is -0.987. The van der Waals surface area contributed by atoms with Gasteiger partial charge in [0, 0.05) is 24.6 Å². The number of carbonyl (C=O) groups is 3. The number of thiazole rings is 1. The lowest BCUT2D eigenvalue weighted by Crippen LogP contribution is -2.59. The van der Waals surface area contributed by atoms with Crippen molar-refractivity contribution >= 4 is 45.1 Å². The summed E-state index contributed by atoms with van der Waals surface area (Å²) in [5.41, 5.74) is 8.56. The van der Waals surface area contributed by atoms with E-state index in [4.69, 9.17) is 11.1 Å². The quantitative estimate of drug-likeness (QED) is 0.139. The van der Waals surface area contributed by atoms with E-state index in [0.717, 1.165) is 23.1 Å². The second kappa shape index (κ2) is 13.3. The van der Waals surface area contributed by atoms with Gasteiger partial charge in [-0.3, -0.25) is 19.9 Å². The standard InChI is InChI=1S/C33H36N6O3S/c1-21-10-9-17-38(21)33(42)39(32(41)26(36-2)19-22-11-4-3-5-12-22)27(20-23-13-8-14-24(18-23)30(34)35)29(40)31-37-25-15-6-7-16-28(25)43-31/h3-8,11-16,18,21,26-27,36H,9-10,17,19-20H2,1-2H3,(H3,34,35)/t21?,26-,27+/m1/s1. The van der Waals surface area contributed by atoms with E-state index in [9.17, 15) is 14.4 Å². The lowest BCUT2D eigenvalue weighted by Gasteiger charge is -2.36. The number of nitrogens with zero attached hydrogens (tertiary/aromatic N) is 3. The van der Waals surface area contributed by atoms with E-state index in [0.29, 0.717) is 29.6 Å². The fourth-order valence-electron chi connectivity index (χ4n) is 5.58. The number of likely N-dealkylation sites (N-methyl/N-ethyl adjacent to an activating group) is 1. The molecule has 0 radical (unpaired) electrons. The molecule has 0 saturated carbocycles. The van der Waals surface area contributed by atoms with Gasteiger partial charge in [-0.1, -0.05) is 60.7 Å². The predicted octanol–water partition coefficient (Wildman–Crippen LogP) is 4.64. The Balaban J connectivity index is 1.61. The van der Waals surface area contributed by atoms with Gasteiger partial charge in [0.25, 0.3) is 0 Å². The minimum absolute atomic E-state index is 0.0529. The van der Waals surface area contributed by atoms with E-state index in [-0.39, 0.29) is 23.3 Å². The third-order valence-corrected chi connectivity index (χ3v) is 9.01. The van der Waals surface area contributed by atoms with Crippen LogP contribution in [0.25, 0.3) is 10.2 Å². The van der Waals surface area contributed by atoms with Gasteiger partial charge in [0.2, 0.25) is 11.7 Å². The molecule has 3 aromatic carbocycles. The number of nitrogen functional groups attached to an aromatic ring is 1. The lowest BCUT2D eigenvalue weighted by atomic mass is 9.97. The van der Waals surface area contributed by atoms with Gasteiger partial charge in [-0.15, -0.1) is 11.3 Å². The number of fused-ring (bicyclic) bond motifs is 1. The number of hydrogen-bond donors (Lipinski definition) is 3. The second-order valence-corrected chi connectivity index (χ2v) is 11.9. The maximum atomic E-state index is 14.5. The monoisotopic (exact) mass is 596 g/mol. The molecule has 2 heterocycles. The number of amidine groups is 1. The zero-order valence-electron chi connectivity index (χ0n) is 24.3. The summed E-state index contributed by atoms with van der Waals surface area (Å²) >= 11 is 1.25. The normalized spacial score (nSPS) is 16.1. The summed E-state index contributed by atoms with van der Waals surface area (Å²) < 4.78 is 0.845. The highest BCUT2D eigenvalue weighted by atomic mass is 32.1. The highest BCUT2D eigenvalue weighted by Gasteiger charge is 2.42. The minimum Gasteiger partial charge on any atom is -0.384 e. The van der Waals surface area contributed by atoms with E-state index in [1.807, 2.05) is 67.6 Å². The van der Waals surface area contributed by atoms with Gasteiger partial charge in [-0.2, -0.15) is 0 Å². The minimum atomic E-state index is -1.16. The van der Waals surface area contributed by atoms with Crippen LogP contribution in [0.3, 0.4) is 0 Å². The number of nitrogens with two attached hydrogens (primary N) is 1. The SMILES string of the molecule is CN[C@H](Cc1ccccc1)C(=O)N(C(=O)N1CCCC1C)[C@@H](Cc1cccc(C(=N)N)c1)C(=O)c1nc2ccccc2s1. The zero-order valence-corrected chi connectivity index (χ0v) is 25.1. The number of hydrogen-bond acceptors (Lipinski definition) is 7. The van der Waals surface area contributed by atoms with Crippen LogP contribution < -0.4 is 11.1 Å². The Hall–Kier alpha value is -4.41. The molecule has 3 atom stereocenters. The zero-order chi connectivity index (χ0) is 30.5. The molecule has 0 spiro atoms. The molecule has 1 aromatic heterocycles. The molecule has 3 amide bonds. The van der Waals surface area contributed by atoms with Crippen LogP contribution in [-0.4, -0.2) is 70.1 Å². The van der Waals surface area contributed by atoms with Crippen molar-refractivity contribution in [3.8, 4) is 0 Å². The number of nitrogens with one attached hydrogen (secondary N) is 2. The van der Waals surface area contributed by atoms with Gasteiger partial charge in [-0.05, 0) is 62.6 Å². The van der Waals surface area contributed by atoms with Gasteiger partial charge in [0.15, 0.2) is 5.01 Å². The number of imide groups is 1. The van der Waals surface area contributed by atoms with Crippen molar-refractivity contribution in [1.29, 1.82) is 5.41 Å². The molecule has 0 bridgehead atoms. The number of likely N-dealkylation sites (tertiary alicyclic amines) is 1. The molecule has 1 aliphatic rings. The Kier molecular flexibility index (Phi) is 9.27. The number of carbonyl (C=O) groups excluding carboxylic acids is 3. The molecule has 1 unspecified atom stereocenters. The average Bonchev–Trinajstić information content (AvgIpc) is 3.66. The highest BCUT2D eigenvalue weighted by molar-refractivity contribution is 7.20. The molecular weight excluding hydrogens is 560 g/mol. The molecule has 222 valence electrons. The van der Waals surface area contributed by atoms with Crippen LogP contribution in [0.2, 0.25) is 0 Å². The van der Waals surface area contributed by atoms with Crippen molar-refractivity contribution in [2.45, 2.75) is 50.7 Å². The number of urea groups is 1. The number of ketones is 1. The van der Waals surface area contributed by atoms with Crippen LogP contribution in [0.1, 0.15) is 46.3 Å². The first kappa shape index (κ1) is 30.1. The number of benzene rings is 3. The van der Waals surface area contributed by atoms with Gasteiger partial charge < -0.3 is 16.0 Å². The van der Waals surface area contributed by atoms with Gasteiger partial charge in [0.1, 0.15) is 11.9 Å². The van der Waals surface area contributed by atoms with Crippen LogP contribution in [-0.2, 0) is 17.6 Å². The summed E-state index contributed by atoms with van der Waals surface area (Å²) in [6.07, 6.45) is 2.05. The van der Waals surface area contributed by atoms with Gasteiger partial charge in [-0.25, -0.2) is 9.78 Å². The van der Waals surface area contributed by atoms with Crippen molar-refractivity contribution in [3.63, 3.8) is 0 Å². The fraction of sp³-hybridized carbons (Fsp3) is 0.303. The van der Waals surface area contributed by atoms with E-state index in [2.05, 4.69) is 10.3 Å². The third kappa shape index (κ3) is 6.65. The average molecular weight is 597 g/mol. The molecule has 1 fully saturated rings. The molecule has 4 N–H and O–H groups in total. The molecule has 43 heavy (non-hydrogen) atoms. The summed E-state index contributed by atoms with van der Waals surface area (Å²) in [5, 5.41) is 11.2. The molecule has 1 saturated heterocycles. The fourth-order valence-corrected chi connectivity index (χ4v) is 6.53. The Morgan fingerprint density at radius 2 is 1.77 bits per heavy atom. The first-order chi connectivity index (χ1) is 20.8. The summed E-state index contributed by atoms with van der Waals surface area (Å²) in [6.45, 7) is 2.47. The summed E-state index contributed by atoms with van der Waals surface area (Å²) in [6, 6.07) is 21.6. The van der Waals surface area contributed by atoms with Gasteiger partial charge >= 0.3 is 6.03 Å². The Morgan fingerprint density at radius 1 is 1.05 bits per heavy atom. The van der Waals surface area contributed by atoms with Gasteiger partial charge in [0.05, 0.1) is 16.3 Å². The summed E-state index contributed by atoms with van der Waals surface area (Å²) in [7, 11) is 1.69. The van der Waals surface area contributed by atoms with E-state index in [1.54, 1.807) is 30.1 Å². The molecule has 5 rings (SSSR count). The number of rotatable bonds is 10. The van der Waals surface area contributed by atoms with Crippen molar-refractivity contribution in [2.24, 2.45) is 5.73 Å². The third-order valence-electron chi connectivity index (χ3n) is 7.96. The molecule has 10 heteroatoms. The van der Waals surface area contributed by atoms with Crippen LogP contribution in [0.5, 0.6) is 0 Å². The largest absolute Gasteiger partial charge is 0.384 e. The lowest BCUT2D eigenvalue weighted by molar-refractivity contribution is -0.132. The van der Waals surface area contributed by atoms with E-state index in [1.165, 1.54) is 16.2 Å².